The molecule has 2 aromatic rings. The summed E-state index contributed by atoms with van der Waals surface area (Å²) in [7, 11) is 0. The minimum Gasteiger partial charge on any atom is -0.443 e. The molecule has 4 N–H and O–H groups in total. The van der Waals surface area contributed by atoms with Gasteiger partial charge in [0.05, 0.1) is 12.4 Å². The molecule has 0 unspecified atom stereocenters. The van der Waals surface area contributed by atoms with E-state index in [0.717, 1.165) is 12.4 Å². The summed E-state index contributed by atoms with van der Waals surface area (Å²) in [6.45, 7) is 0. The van der Waals surface area contributed by atoms with Gasteiger partial charge in [-0.3, -0.25) is 19.6 Å². The Morgan fingerprint density at radius 1 is 0.765 bits per heavy atom. The SMILES string of the molecule is O=c1[nH]cc(Oc2c[nH]c(=O)[nH]c2=O)c(=O)[nH]1. The minimum absolute atomic E-state index is 0.276. The lowest BCUT2D eigenvalue weighted by atomic mass is 10.5. The molecule has 17 heavy (non-hydrogen) atoms. The van der Waals surface area contributed by atoms with Gasteiger partial charge in [0.25, 0.3) is 11.1 Å². The van der Waals surface area contributed by atoms with Crippen LogP contribution in [-0.4, -0.2) is 19.9 Å². The van der Waals surface area contributed by atoms with Gasteiger partial charge < -0.3 is 14.7 Å². The second kappa shape index (κ2) is 3.96. The number of ether oxygens (including phenoxy) is 1. The van der Waals surface area contributed by atoms with Crippen LogP contribution in [0.5, 0.6) is 11.5 Å². The largest absolute Gasteiger partial charge is 0.443 e. The molecule has 2 heterocycles. The molecule has 0 amide bonds. The predicted molar refractivity (Wildman–Crippen MR) is 55.4 cm³/mol. The summed E-state index contributed by atoms with van der Waals surface area (Å²) >= 11 is 0. The van der Waals surface area contributed by atoms with Crippen LogP contribution in [0.1, 0.15) is 0 Å². The third-order valence-corrected chi connectivity index (χ3v) is 1.79. The normalized spacial score (nSPS) is 10.1. The quantitative estimate of drug-likeness (QED) is 0.490. The van der Waals surface area contributed by atoms with Crippen molar-refractivity contribution in [3.63, 3.8) is 0 Å². The van der Waals surface area contributed by atoms with Crippen LogP contribution in [0, 0.1) is 0 Å². The number of aromatic amines is 4. The van der Waals surface area contributed by atoms with Crippen molar-refractivity contribution in [3.8, 4) is 11.5 Å². The first-order valence-corrected chi connectivity index (χ1v) is 4.38. The number of rotatable bonds is 2. The molecule has 2 rings (SSSR count). The van der Waals surface area contributed by atoms with E-state index in [0.29, 0.717) is 0 Å². The second-order valence-corrected chi connectivity index (χ2v) is 2.97. The zero-order valence-electron chi connectivity index (χ0n) is 8.20. The van der Waals surface area contributed by atoms with Gasteiger partial charge in [-0.1, -0.05) is 0 Å². The van der Waals surface area contributed by atoms with Crippen molar-refractivity contribution in [2.24, 2.45) is 0 Å². The van der Waals surface area contributed by atoms with Crippen LogP contribution < -0.4 is 27.2 Å². The smallest absolute Gasteiger partial charge is 0.325 e. The summed E-state index contributed by atoms with van der Waals surface area (Å²) in [4.78, 5) is 52.1. The maximum absolute atomic E-state index is 11.2. The Hall–Kier alpha value is -2.84. The molecule has 0 spiro atoms. The van der Waals surface area contributed by atoms with Crippen molar-refractivity contribution in [1.29, 1.82) is 0 Å². The third kappa shape index (κ3) is 2.22. The van der Waals surface area contributed by atoms with Gasteiger partial charge in [-0.2, -0.15) is 0 Å². The zero-order chi connectivity index (χ0) is 12.4. The van der Waals surface area contributed by atoms with Crippen LogP contribution in [0.2, 0.25) is 0 Å². The molecule has 9 heteroatoms. The molecule has 0 saturated carbocycles. The fraction of sp³-hybridized carbons (Fsp3) is 0. The Bertz CT molecular complexity index is 699. The molecule has 2 aromatic heterocycles. The molecule has 0 bridgehead atoms. The Labute approximate surface area is 91.1 Å². The Morgan fingerprint density at radius 2 is 1.18 bits per heavy atom. The summed E-state index contributed by atoms with van der Waals surface area (Å²) in [6.07, 6.45) is 2.01. The molecule has 9 nitrogen and oxygen atoms in total. The molecule has 0 radical (unpaired) electrons. The number of hydrogen-bond acceptors (Lipinski definition) is 5. The summed E-state index contributed by atoms with van der Waals surface area (Å²) < 4.78 is 4.92. The van der Waals surface area contributed by atoms with E-state index >= 15 is 0 Å². The summed E-state index contributed by atoms with van der Waals surface area (Å²) in [6, 6.07) is 0. The van der Waals surface area contributed by atoms with Crippen LogP contribution in [0.15, 0.2) is 31.6 Å². The first-order valence-electron chi connectivity index (χ1n) is 4.38. The molecule has 0 aliphatic carbocycles. The van der Waals surface area contributed by atoms with Crippen LogP contribution in [-0.2, 0) is 0 Å². The summed E-state index contributed by atoms with van der Waals surface area (Å²) in [5.41, 5.74) is -2.98. The first-order chi connectivity index (χ1) is 8.06. The van der Waals surface area contributed by atoms with Crippen LogP contribution in [0.3, 0.4) is 0 Å². The molecule has 0 atom stereocenters. The fourth-order valence-electron chi connectivity index (χ4n) is 1.06. The standard InChI is InChI=1S/C8H6N4O5/c13-5-3(1-9-7(15)11-5)17-4-2-10-8(16)12-6(4)14/h1-2H,(H2,9,11,13,15)(H2,10,12,14,16). The molecule has 0 saturated heterocycles. The number of aromatic nitrogens is 4. The highest BCUT2D eigenvalue weighted by atomic mass is 16.5. The van der Waals surface area contributed by atoms with E-state index < -0.39 is 22.5 Å². The third-order valence-electron chi connectivity index (χ3n) is 1.79. The molecule has 0 fully saturated rings. The Morgan fingerprint density at radius 3 is 1.53 bits per heavy atom. The summed E-state index contributed by atoms with van der Waals surface area (Å²) in [5, 5.41) is 0. The van der Waals surface area contributed by atoms with Gasteiger partial charge in [-0.25, -0.2) is 9.59 Å². The average molecular weight is 238 g/mol. The van der Waals surface area contributed by atoms with Gasteiger partial charge in [0.1, 0.15) is 0 Å². The van der Waals surface area contributed by atoms with Gasteiger partial charge in [-0.05, 0) is 0 Å². The van der Waals surface area contributed by atoms with E-state index in [-0.39, 0.29) is 11.5 Å². The van der Waals surface area contributed by atoms with Gasteiger partial charge in [0.15, 0.2) is 0 Å². The monoisotopic (exact) mass is 238 g/mol. The van der Waals surface area contributed by atoms with Crippen LogP contribution in [0.25, 0.3) is 0 Å². The van der Waals surface area contributed by atoms with Gasteiger partial charge in [0, 0.05) is 0 Å². The zero-order valence-corrected chi connectivity index (χ0v) is 8.20. The van der Waals surface area contributed by atoms with Gasteiger partial charge in [0.2, 0.25) is 11.5 Å². The maximum Gasteiger partial charge on any atom is 0.325 e. The van der Waals surface area contributed by atoms with Crippen molar-refractivity contribution in [2.75, 3.05) is 0 Å². The molecular formula is C8H6N4O5. The van der Waals surface area contributed by atoms with E-state index in [1.165, 1.54) is 0 Å². The lowest BCUT2D eigenvalue weighted by Gasteiger charge is -2.01. The average Bonchev–Trinajstić information content (AvgIpc) is 2.25. The number of H-pyrrole nitrogens is 4. The van der Waals surface area contributed by atoms with Crippen LogP contribution in [0.4, 0.5) is 0 Å². The van der Waals surface area contributed by atoms with E-state index in [2.05, 4.69) is 9.97 Å². The molecule has 88 valence electrons. The number of nitrogens with one attached hydrogen (secondary N) is 4. The highest BCUT2D eigenvalue weighted by molar-refractivity contribution is 5.22. The topological polar surface area (TPSA) is 141 Å². The van der Waals surface area contributed by atoms with Gasteiger partial charge in [-0.15, -0.1) is 0 Å². The maximum atomic E-state index is 11.2. The predicted octanol–water partition coefficient (Wildman–Crippen LogP) is -1.77. The van der Waals surface area contributed by atoms with Crippen molar-refractivity contribution in [3.05, 3.63) is 54.1 Å². The van der Waals surface area contributed by atoms with E-state index in [9.17, 15) is 19.2 Å². The van der Waals surface area contributed by atoms with Crippen molar-refractivity contribution in [2.45, 2.75) is 0 Å². The van der Waals surface area contributed by atoms with Crippen LogP contribution >= 0.6 is 0 Å². The van der Waals surface area contributed by atoms with Crippen molar-refractivity contribution in [1.82, 2.24) is 19.9 Å². The lowest BCUT2D eigenvalue weighted by Crippen LogP contribution is -2.25. The Balaban J connectivity index is 2.45. The molecule has 0 aliphatic rings. The molecular weight excluding hydrogens is 232 g/mol. The van der Waals surface area contributed by atoms with Crippen molar-refractivity contribution >= 4 is 0 Å². The second-order valence-electron chi connectivity index (χ2n) is 2.97. The molecule has 0 aliphatic heterocycles. The minimum atomic E-state index is -0.792. The lowest BCUT2D eigenvalue weighted by molar-refractivity contribution is 0.459. The highest BCUT2D eigenvalue weighted by Crippen LogP contribution is 2.08. The Kier molecular flexibility index (Phi) is 2.49. The van der Waals surface area contributed by atoms with E-state index in [4.69, 9.17) is 4.74 Å². The van der Waals surface area contributed by atoms with Gasteiger partial charge >= 0.3 is 11.4 Å². The fourth-order valence-corrected chi connectivity index (χ4v) is 1.06. The highest BCUT2D eigenvalue weighted by Gasteiger charge is 2.06. The van der Waals surface area contributed by atoms with E-state index in [1.807, 2.05) is 9.97 Å². The van der Waals surface area contributed by atoms with Crippen molar-refractivity contribution < 1.29 is 4.74 Å². The molecule has 0 aromatic carbocycles. The van der Waals surface area contributed by atoms with E-state index in [1.54, 1.807) is 0 Å². The number of hydrogen-bond donors (Lipinski definition) is 4. The first kappa shape index (κ1) is 10.7. The summed E-state index contributed by atoms with van der Waals surface area (Å²) in [5.74, 6) is -0.552.